The summed E-state index contributed by atoms with van der Waals surface area (Å²) in [6.07, 6.45) is 28.5. The van der Waals surface area contributed by atoms with Crippen LogP contribution in [0.2, 0.25) is 0 Å². The van der Waals surface area contributed by atoms with Gasteiger partial charge in [0.05, 0.1) is 6.10 Å². The van der Waals surface area contributed by atoms with Gasteiger partial charge >= 0.3 is 0 Å². The molecular formula is C28H50O. The first-order valence-corrected chi connectivity index (χ1v) is 13.5. The summed E-state index contributed by atoms with van der Waals surface area (Å²) in [5, 5.41) is 0. The van der Waals surface area contributed by atoms with Crippen molar-refractivity contribution in [1.82, 2.24) is 0 Å². The van der Waals surface area contributed by atoms with Crippen LogP contribution in [0.3, 0.4) is 0 Å². The molecule has 0 radical (unpaired) electrons. The van der Waals surface area contributed by atoms with E-state index in [9.17, 15) is 0 Å². The van der Waals surface area contributed by atoms with Gasteiger partial charge in [-0.3, -0.25) is 0 Å². The van der Waals surface area contributed by atoms with E-state index < -0.39 is 0 Å². The van der Waals surface area contributed by atoms with Gasteiger partial charge in [-0.05, 0) is 113 Å². The smallest absolute Gasteiger partial charge is 0.0575 e. The van der Waals surface area contributed by atoms with E-state index in [-0.39, 0.29) is 0 Å². The van der Waals surface area contributed by atoms with E-state index in [1.165, 1.54) is 89.9 Å². The van der Waals surface area contributed by atoms with Crippen LogP contribution in [0.4, 0.5) is 0 Å². The van der Waals surface area contributed by atoms with Crippen LogP contribution in [0, 0.1) is 29.6 Å². The quantitative estimate of drug-likeness (QED) is 0.248. The molecule has 3 aliphatic rings. The summed E-state index contributed by atoms with van der Waals surface area (Å²) in [6.45, 7) is 7.10. The molecule has 0 bridgehead atoms. The van der Waals surface area contributed by atoms with Gasteiger partial charge in [0.2, 0.25) is 0 Å². The number of unbranched alkanes of at least 4 members (excludes halogenated alkanes) is 3. The van der Waals surface area contributed by atoms with Crippen molar-refractivity contribution >= 4 is 0 Å². The van der Waals surface area contributed by atoms with Crippen molar-refractivity contribution in [3.05, 3.63) is 12.7 Å². The van der Waals surface area contributed by atoms with Crippen molar-refractivity contribution in [3.8, 4) is 0 Å². The largest absolute Gasteiger partial charge is 0.378 e. The van der Waals surface area contributed by atoms with Gasteiger partial charge in [0.1, 0.15) is 0 Å². The summed E-state index contributed by atoms with van der Waals surface area (Å²) in [6, 6.07) is 0. The first-order valence-electron chi connectivity index (χ1n) is 13.5. The lowest BCUT2D eigenvalue weighted by Crippen LogP contribution is -2.31. The zero-order valence-electron chi connectivity index (χ0n) is 19.6. The Morgan fingerprint density at radius 1 is 0.690 bits per heavy atom. The Balaban J connectivity index is 1.28. The normalized spacial score (nSPS) is 36.0. The van der Waals surface area contributed by atoms with Crippen molar-refractivity contribution in [2.24, 2.45) is 29.6 Å². The molecule has 3 saturated carbocycles. The molecule has 3 fully saturated rings. The Labute approximate surface area is 182 Å². The molecule has 3 aliphatic carbocycles. The molecule has 0 aromatic rings. The number of hydrogen-bond donors (Lipinski definition) is 0. The summed E-state index contributed by atoms with van der Waals surface area (Å²) in [5.41, 5.74) is 0. The molecule has 0 aromatic heterocycles. The lowest BCUT2D eigenvalue weighted by Gasteiger charge is -2.41. The summed E-state index contributed by atoms with van der Waals surface area (Å²) in [4.78, 5) is 0. The third-order valence-electron chi connectivity index (χ3n) is 8.88. The zero-order chi connectivity index (χ0) is 20.3. The van der Waals surface area contributed by atoms with Gasteiger partial charge in [0, 0.05) is 6.61 Å². The van der Waals surface area contributed by atoms with Gasteiger partial charge in [-0.15, -0.1) is 6.58 Å². The van der Waals surface area contributed by atoms with Crippen LogP contribution in [0.1, 0.15) is 122 Å². The molecule has 29 heavy (non-hydrogen) atoms. The molecule has 0 heterocycles. The predicted molar refractivity (Wildman–Crippen MR) is 126 cm³/mol. The molecule has 168 valence electrons. The lowest BCUT2D eigenvalue weighted by molar-refractivity contribution is 0.00425. The van der Waals surface area contributed by atoms with Crippen molar-refractivity contribution in [3.63, 3.8) is 0 Å². The minimum absolute atomic E-state index is 0.584. The molecule has 0 aromatic carbocycles. The molecule has 1 heteroatoms. The minimum atomic E-state index is 0.584. The van der Waals surface area contributed by atoms with Gasteiger partial charge in [0.15, 0.2) is 0 Å². The second kappa shape index (κ2) is 13.2. The molecule has 0 atom stereocenters. The van der Waals surface area contributed by atoms with E-state index >= 15 is 0 Å². The molecule has 0 saturated heterocycles. The van der Waals surface area contributed by atoms with E-state index in [1.807, 2.05) is 0 Å². The molecule has 0 amide bonds. The van der Waals surface area contributed by atoms with Crippen LogP contribution in [0.5, 0.6) is 0 Å². The molecule has 3 rings (SSSR count). The molecule has 0 spiro atoms. The Bertz CT molecular complexity index is 420. The van der Waals surface area contributed by atoms with Gasteiger partial charge in [-0.2, -0.15) is 0 Å². The lowest BCUT2D eigenvalue weighted by atomic mass is 9.65. The average molecular weight is 403 g/mol. The minimum Gasteiger partial charge on any atom is -0.378 e. The maximum absolute atomic E-state index is 6.10. The van der Waals surface area contributed by atoms with Crippen molar-refractivity contribution in [2.45, 2.75) is 129 Å². The maximum Gasteiger partial charge on any atom is 0.0575 e. The van der Waals surface area contributed by atoms with E-state index in [0.717, 1.165) is 36.2 Å². The number of rotatable bonds is 11. The van der Waals surface area contributed by atoms with Gasteiger partial charge in [-0.1, -0.05) is 45.1 Å². The van der Waals surface area contributed by atoms with Crippen LogP contribution in [-0.4, -0.2) is 12.7 Å². The molecule has 0 N–H and O–H groups in total. The van der Waals surface area contributed by atoms with E-state index in [4.69, 9.17) is 4.74 Å². The van der Waals surface area contributed by atoms with E-state index in [0.29, 0.717) is 6.10 Å². The number of ether oxygens (including phenoxy) is 1. The van der Waals surface area contributed by atoms with Gasteiger partial charge < -0.3 is 4.74 Å². The fraction of sp³-hybridized carbons (Fsp3) is 0.929. The summed E-state index contributed by atoms with van der Waals surface area (Å²) >= 11 is 0. The molecular weight excluding hydrogens is 352 g/mol. The second-order valence-electron chi connectivity index (χ2n) is 10.8. The Hall–Kier alpha value is -0.300. The highest BCUT2D eigenvalue weighted by molar-refractivity contribution is 4.86. The molecule has 0 aliphatic heterocycles. The fourth-order valence-corrected chi connectivity index (χ4v) is 6.88. The monoisotopic (exact) mass is 402 g/mol. The summed E-state index contributed by atoms with van der Waals surface area (Å²) < 4.78 is 6.10. The van der Waals surface area contributed by atoms with Crippen LogP contribution >= 0.6 is 0 Å². The first-order chi connectivity index (χ1) is 14.3. The van der Waals surface area contributed by atoms with Gasteiger partial charge in [-0.25, -0.2) is 0 Å². The molecule has 0 unspecified atom stereocenters. The topological polar surface area (TPSA) is 9.23 Å². The SMILES string of the molecule is C=CCCCCC1CCC(C2CCC(C3CCC(OCCCC)CC3)CC2)CC1. The van der Waals surface area contributed by atoms with Crippen LogP contribution < -0.4 is 0 Å². The van der Waals surface area contributed by atoms with Crippen molar-refractivity contribution < 1.29 is 4.74 Å². The predicted octanol–water partition coefficient (Wildman–Crippen LogP) is 8.72. The third-order valence-corrected chi connectivity index (χ3v) is 8.88. The summed E-state index contributed by atoms with van der Waals surface area (Å²) in [5.74, 6) is 5.25. The van der Waals surface area contributed by atoms with E-state index in [2.05, 4.69) is 19.6 Å². The summed E-state index contributed by atoms with van der Waals surface area (Å²) in [7, 11) is 0. The number of allylic oxidation sites excluding steroid dienone is 1. The highest BCUT2D eigenvalue weighted by atomic mass is 16.5. The zero-order valence-corrected chi connectivity index (χ0v) is 19.6. The van der Waals surface area contributed by atoms with Crippen LogP contribution in [0.25, 0.3) is 0 Å². The standard InChI is InChI=1S/C28H50O/c1-3-5-7-8-9-23-10-12-24(13-11-23)25-14-16-26(17-15-25)27-18-20-28(21-19-27)29-22-6-4-2/h3,23-28H,1,4-22H2,2H3. The van der Waals surface area contributed by atoms with Crippen molar-refractivity contribution in [2.75, 3.05) is 6.61 Å². The van der Waals surface area contributed by atoms with Crippen LogP contribution in [-0.2, 0) is 4.74 Å². The Kier molecular flexibility index (Phi) is 10.6. The highest BCUT2D eigenvalue weighted by Gasteiger charge is 2.34. The van der Waals surface area contributed by atoms with E-state index in [1.54, 1.807) is 25.7 Å². The number of hydrogen-bond acceptors (Lipinski definition) is 1. The first kappa shape index (κ1) is 23.4. The molecule has 1 nitrogen and oxygen atoms in total. The van der Waals surface area contributed by atoms with Crippen molar-refractivity contribution in [1.29, 1.82) is 0 Å². The third kappa shape index (κ3) is 7.71. The fourth-order valence-electron chi connectivity index (χ4n) is 6.88. The Morgan fingerprint density at radius 3 is 1.72 bits per heavy atom. The van der Waals surface area contributed by atoms with Gasteiger partial charge in [0.25, 0.3) is 0 Å². The second-order valence-corrected chi connectivity index (χ2v) is 10.8. The van der Waals surface area contributed by atoms with Crippen LogP contribution in [0.15, 0.2) is 12.7 Å². The maximum atomic E-state index is 6.10. The average Bonchev–Trinajstić information content (AvgIpc) is 2.78. The Morgan fingerprint density at radius 2 is 1.21 bits per heavy atom. The highest BCUT2D eigenvalue weighted by Crippen LogP contribution is 2.46.